The predicted octanol–water partition coefficient (Wildman–Crippen LogP) is 2.08. The molecule has 0 aromatic carbocycles. The lowest BCUT2D eigenvalue weighted by Crippen LogP contribution is -2.34. The Balaban J connectivity index is 2.01. The maximum absolute atomic E-state index is 12.2. The van der Waals surface area contributed by atoms with E-state index in [0.29, 0.717) is 36.9 Å². The molecule has 0 saturated carbocycles. The number of fused-ring (bicyclic) bond motifs is 1. The van der Waals surface area contributed by atoms with Crippen LogP contribution in [0.2, 0.25) is 0 Å². The number of carbonyl (C=O) groups is 1. The second kappa shape index (κ2) is 7.57. The van der Waals surface area contributed by atoms with E-state index in [1.165, 1.54) is 0 Å². The van der Waals surface area contributed by atoms with Crippen LogP contribution in [0.3, 0.4) is 0 Å². The molecular weight excluding hydrogens is 318 g/mol. The van der Waals surface area contributed by atoms with E-state index in [0.717, 1.165) is 11.3 Å². The Labute approximate surface area is 147 Å². The van der Waals surface area contributed by atoms with Gasteiger partial charge in [0.1, 0.15) is 17.3 Å². The van der Waals surface area contributed by atoms with E-state index in [9.17, 15) is 4.79 Å². The molecule has 1 aliphatic rings. The Morgan fingerprint density at radius 2 is 2.16 bits per heavy atom. The standard InChI is InChI=1S/C18H23N5O2/c1-11(2)16-22-15-12(7-9-20-18(15)24)17(23-16)21-14(10-25-3)13-6-4-5-8-19-13/h4-6,8,11,14H,7,9-10H2,1-3H3,(H,20,24)(H,21,22,23). The number of hydrogen-bond acceptors (Lipinski definition) is 6. The summed E-state index contributed by atoms with van der Waals surface area (Å²) in [4.78, 5) is 25.8. The minimum atomic E-state index is -0.157. The van der Waals surface area contributed by atoms with Crippen LogP contribution in [0.15, 0.2) is 24.4 Å². The number of aromatic nitrogens is 3. The highest BCUT2D eigenvalue weighted by molar-refractivity contribution is 5.96. The molecule has 2 aromatic heterocycles. The molecule has 2 N–H and O–H groups in total. The van der Waals surface area contributed by atoms with Crippen molar-refractivity contribution in [2.75, 3.05) is 25.6 Å². The van der Waals surface area contributed by atoms with Gasteiger partial charge >= 0.3 is 0 Å². The van der Waals surface area contributed by atoms with Crippen LogP contribution in [0.1, 0.15) is 53.4 Å². The van der Waals surface area contributed by atoms with Crippen LogP contribution in [0.5, 0.6) is 0 Å². The predicted molar refractivity (Wildman–Crippen MR) is 94.6 cm³/mol. The van der Waals surface area contributed by atoms with Gasteiger partial charge in [0.15, 0.2) is 0 Å². The quantitative estimate of drug-likeness (QED) is 0.836. The second-order valence-electron chi connectivity index (χ2n) is 6.33. The average molecular weight is 341 g/mol. The lowest BCUT2D eigenvalue weighted by Gasteiger charge is -2.24. The first-order valence-corrected chi connectivity index (χ1v) is 8.45. The van der Waals surface area contributed by atoms with Gasteiger partial charge < -0.3 is 15.4 Å². The maximum Gasteiger partial charge on any atom is 0.270 e. The van der Waals surface area contributed by atoms with Gasteiger partial charge in [0, 0.05) is 31.3 Å². The monoisotopic (exact) mass is 341 g/mol. The molecule has 0 aliphatic carbocycles. The van der Waals surface area contributed by atoms with Crippen molar-refractivity contribution in [3.8, 4) is 0 Å². The topological polar surface area (TPSA) is 89.0 Å². The highest BCUT2D eigenvalue weighted by atomic mass is 16.5. The zero-order valence-corrected chi connectivity index (χ0v) is 14.7. The number of rotatable bonds is 6. The molecular formula is C18H23N5O2. The van der Waals surface area contributed by atoms with Gasteiger partial charge in [-0.3, -0.25) is 9.78 Å². The van der Waals surface area contributed by atoms with Gasteiger partial charge in [-0.05, 0) is 18.6 Å². The van der Waals surface area contributed by atoms with Gasteiger partial charge in [-0.25, -0.2) is 9.97 Å². The van der Waals surface area contributed by atoms with Crippen molar-refractivity contribution in [3.05, 3.63) is 47.2 Å². The summed E-state index contributed by atoms with van der Waals surface area (Å²) in [6.07, 6.45) is 2.45. The fourth-order valence-electron chi connectivity index (χ4n) is 2.80. The van der Waals surface area contributed by atoms with Crippen LogP contribution in [-0.4, -0.2) is 41.1 Å². The minimum Gasteiger partial charge on any atom is -0.382 e. The van der Waals surface area contributed by atoms with E-state index in [-0.39, 0.29) is 17.9 Å². The summed E-state index contributed by atoms with van der Waals surface area (Å²) in [5.74, 6) is 1.32. The van der Waals surface area contributed by atoms with Gasteiger partial charge in [0.25, 0.3) is 5.91 Å². The van der Waals surface area contributed by atoms with Crippen molar-refractivity contribution in [3.63, 3.8) is 0 Å². The summed E-state index contributed by atoms with van der Waals surface area (Å²) in [5.41, 5.74) is 2.18. The lowest BCUT2D eigenvalue weighted by molar-refractivity contribution is 0.0940. The first-order valence-electron chi connectivity index (χ1n) is 8.45. The number of anilines is 1. The SMILES string of the molecule is COCC(Nc1nc(C(C)C)nc2c1CCNC2=O)c1ccccn1. The third-order valence-electron chi connectivity index (χ3n) is 4.11. The van der Waals surface area contributed by atoms with Crippen molar-refractivity contribution >= 4 is 11.7 Å². The Hall–Kier alpha value is -2.54. The summed E-state index contributed by atoms with van der Waals surface area (Å²) in [7, 11) is 1.65. The van der Waals surface area contributed by atoms with E-state index in [2.05, 4.69) is 25.6 Å². The smallest absolute Gasteiger partial charge is 0.270 e. The lowest BCUT2D eigenvalue weighted by atomic mass is 10.0. The molecule has 7 heteroatoms. The summed E-state index contributed by atoms with van der Waals surface area (Å²) in [5, 5.41) is 6.27. The van der Waals surface area contributed by atoms with Crippen molar-refractivity contribution in [1.82, 2.24) is 20.3 Å². The normalized spacial score (nSPS) is 14.8. The van der Waals surface area contributed by atoms with E-state index in [1.807, 2.05) is 32.0 Å². The molecule has 7 nitrogen and oxygen atoms in total. The maximum atomic E-state index is 12.2. The van der Waals surface area contributed by atoms with Gasteiger partial charge in [0.2, 0.25) is 0 Å². The minimum absolute atomic E-state index is 0.122. The number of carbonyl (C=O) groups excluding carboxylic acids is 1. The molecule has 0 saturated heterocycles. The van der Waals surface area contributed by atoms with Crippen LogP contribution < -0.4 is 10.6 Å². The number of nitrogens with zero attached hydrogens (tertiary/aromatic N) is 3. The zero-order valence-electron chi connectivity index (χ0n) is 14.7. The van der Waals surface area contributed by atoms with Gasteiger partial charge in [-0.15, -0.1) is 0 Å². The van der Waals surface area contributed by atoms with Crippen molar-refractivity contribution in [2.45, 2.75) is 32.2 Å². The van der Waals surface area contributed by atoms with E-state index < -0.39 is 0 Å². The highest BCUT2D eigenvalue weighted by Crippen LogP contribution is 2.26. The summed E-state index contributed by atoms with van der Waals surface area (Å²) >= 11 is 0. The molecule has 3 heterocycles. The molecule has 0 fully saturated rings. The molecule has 1 unspecified atom stereocenters. The van der Waals surface area contributed by atoms with Crippen LogP contribution in [0.25, 0.3) is 0 Å². The summed E-state index contributed by atoms with van der Waals surface area (Å²) < 4.78 is 5.35. The second-order valence-corrected chi connectivity index (χ2v) is 6.33. The van der Waals surface area contributed by atoms with Crippen LogP contribution in [0.4, 0.5) is 5.82 Å². The molecule has 0 bridgehead atoms. The largest absolute Gasteiger partial charge is 0.382 e. The molecule has 1 amide bonds. The summed E-state index contributed by atoms with van der Waals surface area (Å²) in [6, 6.07) is 5.60. The molecule has 0 spiro atoms. The molecule has 0 radical (unpaired) electrons. The highest BCUT2D eigenvalue weighted by Gasteiger charge is 2.26. The van der Waals surface area contributed by atoms with Crippen molar-refractivity contribution in [1.29, 1.82) is 0 Å². The van der Waals surface area contributed by atoms with E-state index >= 15 is 0 Å². The Morgan fingerprint density at radius 1 is 1.32 bits per heavy atom. The molecule has 3 rings (SSSR count). The summed E-state index contributed by atoms with van der Waals surface area (Å²) in [6.45, 7) is 5.05. The average Bonchev–Trinajstić information content (AvgIpc) is 2.62. The van der Waals surface area contributed by atoms with Gasteiger partial charge in [0.05, 0.1) is 18.3 Å². The fraction of sp³-hybridized carbons (Fsp3) is 0.444. The van der Waals surface area contributed by atoms with Crippen molar-refractivity contribution in [2.24, 2.45) is 0 Å². The van der Waals surface area contributed by atoms with Crippen LogP contribution in [-0.2, 0) is 11.2 Å². The molecule has 2 aromatic rings. The van der Waals surface area contributed by atoms with E-state index in [1.54, 1.807) is 13.3 Å². The van der Waals surface area contributed by atoms with Crippen LogP contribution >= 0.6 is 0 Å². The number of ether oxygens (including phenoxy) is 1. The Kier molecular flexibility index (Phi) is 5.23. The van der Waals surface area contributed by atoms with Gasteiger partial charge in [-0.2, -0.15) is 0 Å². The zero-order chi connectivity index (χ0) is 17.8. The number of nitrogens with one attached hydrogen (secondary N) is 2. The molecule has 1 atom stereocenters. The number of hydrogen-bond donors (Lipinski definition) is 2. The fourth-order valence-corrected chi connectivity index (χ4v) is 2.80. The number of amides is 1. The molecule has 25 heavy (non-hydrogen) atoms. The Bertz CT molecular complexity index is 749. The number of pyridine rings is 1. The third kappa shape index (κ3) is 3.76. The van der Waals surface area contributed by atoms with Gasteiger partial charge in [-0.1, -0.05) is 19.9 Å². The molecule has 132 valence electrons. The first kappa shape index (κ1) is 17.3. The first-order chi connectivity index (χ1) is 12.1. The molecule has 1 aliphatic heterocycles. The number of methoxy groups -OCH3 is 1. The Morgan fingerprint density at radius 3 is 2.84 bits per heavy atom. The van der Waals surface area contributed by atoms with Crippen molar-refractivity contribution < 1.29 is 9.53 Å². The van der Waals surface area contributed by atoms with E-state index in [4.69, 9.17) is 4.74 Å². The van der Waals surface area contributed by atoms with Crippen LogP contribution in [0, 0.1) is 0 Å². The third-order valence-corrected chi connectivity index (χ3v) is 4.11.